The Morgan fingerprint density at radius 2 is 2.20 bits per heavy atom. The minimum Gasteiger partial charge on any atom is -0.342 e. The Balaban J connectivity index is 1.63. The Morgan fingerprint density at radius 3 is 3.04 bits per heavy atom. The first-order valence-electron chi connectivity index (χ1n) is 7.96. The molecule has 0 fully saturated rings. The summed E-state index contributed by atoms with van der Waals surface area (Å²) >= 11 is 1.48. The van der Waals surface area contributed by atoms with Crippen LogP contribution in [0.5, 0.6) is 0 Å². The topological polar surface area (TPSA) is 72.2 Å². The number of aryl methyl sites for hydroxylation is 2. The van der Waals surface area contributed by atoms with E-state index in [1.165, 1.54) is 17.8 Å². The fraction of sp³-hybridized carbons (Fsp3) is 0.294. The van der Waals surface area contributed by atoms with Crippen molar-refractivity contribution in [1.29, 1.82) is 0 Å². The zero-order chi connectivity index (χ0) is 17.6. The lowest BCUT2D eigenvalue weighted by molar-refractivity contribution is 0.0924. The van der Waals surface area contributed by atoms with Gasteiger partial charge in [0.05, 0.1) is 6.04 Å². The van der Waals surface area contributed by atoms with Crippen molar-refractivity contribution in [3.8, 4) is 0 Å². The van der Waals surface area contributed by atoms with Gasteiger partial charge in [-0.2, -0.15) is 4.98 Å². The van der Waals surface area contributed by atoms with Crippen LogP contribution in [0.15, 0.2) is 29.2 Å². The van der Waals surface area contributed by atoms with Crippen LogP contribution in [0.4, 0.5) is 4.39 Å². The number of hydrogen-bond donors (Lipinski definition) is 1. The van der Waals surface area contributed by atoms with E-state index in [-0.39, 0.29) is 23.6 Å². The Hall–Kier alpha value is -2.48. The summed E-state index contributed by atoms with van der Waals surface area (Å²) in [6.45, 7) is 3.75. The van der Waals surface area contributed by atoms with E-state index in [1.54, 1.807) is 10.6 Å². The van der Waals surface area contributed by atoms with Gasteiger partial charge in [-0.25, -0.2) is 13.9 Å². The number of fused-ring (bicyclic) bond motifs is 2. The summed E-state index contributed by atoms with van der Waals surface area (Å²) in [7, 11) is 0. The summed E-state index contributed by atoms with van der Waals surface area (Å²) in [5, 5.41) is 7.17. The molecule has 0 saturated heterocycles. The molecule has 0 radical (unpaired) electrons. The van der Waals surface area contributed by atoms with Gasteiger partial charge in [-0.15, -0.1) is 16.9 Å². The average Bonchev–Trinajstić information content (AvgIpc) is 3.00. The van der Waals surface area contributed by atoms with Gasteiger partial charge in [0, 0.05) is 22.0 Å². The van der Waals surface area contributed by atoms with Gasteiger partial charge in [0.2, 0.25) is 5.82 Å². The summed E-state index contributed by atoms with van der Waals surface area (Å²) < 4.78 is 15.5. The lowest BCUT2D eigenvalue weighted by atomic mass is 10.0. The molecule has 8 heteroatoms. The molecule has 2 aromatic heterocycles. The van der Waals surface area contributed by atoms with Gasteiger partial charge in [0.15, 0.2) is 0 Å². The lowest BCUT2D eigenvalue weighted by Gasteiger charge is -2.25. The largest absolute Gasteiger partial charge is 0.342 e. The van der Waals surface area contributed by atoms with Crippen molar-refractivity contribution >= 4 is 23.4 Å². The molecular formula is C17H16FN5OS. The Kier molecular flexibility index (Phi) is 3.91. The number of nitrogens with zero attached hydrogens (tertiary/aromatic N) is 4. The van der Waals surface area contributed by atoms with Gasteiger partial charge in [0.25, 0.3) is 11.7 Å². The minimum absolute atomic E-state index is 0.0670. The summed E-state index contributed by atoms with van der Waals surface area (Å²) in [6, 6.07) is 6.58. The molecule has 1 aliphatic heterocycles. The van der Waals surface area contributed by atoms with E-state index in [9.17, 15) is 9.18 Å². The number of rotatable bonds is 2. The first kappa shape index (κ1) is 16.0. The molecule has 3 aromatic rings. The third-order valence-corrected chi connectivity index (χ3v) is 5.31. The zero-order valence-corrected chi connectivity index (χ0v) is 14.6. The molecule has 1 aliphatic rings. The van der Waals surface area contributed by atoms with Crippen molar-refractivity contribution in [1.82, 2.24) is 24.9 Å². The maximum Gasteiger partial charge on any atom is 0.291 e. The number of benzene rings is 1. The van der Waals surface area contributed by atoms with Crippen LogP contribution in [0.3, 0.4) is 0 Å². The highest BCUT2D eigenvalue weighted by Gasteiger charge is 2.26. The summed E-state index contributed by atoms with van der Waals surface area (Å²) in [4.78, 5) is 21.7. The molecular weight excluding hydrogens is 341 g/mol. The van der Waals surface area contributed by atoms with E-state index in [2.05, 4.69) is 20.4 Å². The molecule has 4 rings (SSSR count). The molecule has 6 nitrogen and oxygen atoms in total. The van der Waals surface area contributed by atoms with Crippen LogP contribution in [0, 0.1) is 19.7 Å². The molecule has 0 aliphatic carbocycles. The van der Waals surface area contributed by atoms with E-state index in [1.807, 2.05) is 26.0 Å². The van der Waals surface area contributed by atoms with E-state index >= 15 is 0 Å². The molecule has 1 atom stereocenters. The predicted octanol–water partition coefficient (Wildman–Crippen LogP) is 2.85. The van der Waals surface area contributed by atoms with Crippen molar-refractivity contribution in [2.75, 3.05) is 5.75 Å². The van der Waals surface area contributed by atoms with Crippen LogP contribution < -0.4 is 5.32 Å². The molecule has 1 aromatic carbocycles. The number of amides is 1. The second kappa shape index (κ2) is 6.11. The number of halogens is 1. The van der Waals surface area contributed by atoms with Gasteiger partial charge in [-0.3, -0.25) is 4.79 Å². The van der Waals surface area contributed by atoms with E-state index < -0.39 is 0 Å². The van der Waals surface area contributed by atoms with Gasteiger partial charge in [-0.05, 0) is 38.0 Å². The second-order valence-electron chi connectivity index (χ2n) is 6.01. The van der Waals surface area contributed by atoms with Crippen molar-refractivity contribution in [3.63, 3.8) is 0 Å². The van der Waals surface area contributed by atoms with Gasteiger partial charge >= 0.3 is 0 Å². The number of carbonyl (C=O) groups is 1. The van der Waals surface area contributed by atoms with Crippen LogP contribution in [0.1, 0.15) is 40.0 Å². The monoisotopic (exact) mass is 357 g/mol. The molecule has 128 valence electrons. The summed E-state index contributed by atoms with van der Waals surface area (Å²) in [6.07, 6.45) is 0.733. The van der Waals surface area contributed by atoms with Gasteiger partial charge in [-0.1, -0.05) is 12.1 Å². The number of aromatic nitrogens is 4. The maximum absolute atomic E-state index is 14.0. The van der Waals surface area contributed by atoms with Crippen molar-refractivity contribution < 1.29 is 9.18 Å². The normalized spacial score (nSPS) is 16.7. The third-order valence-electron chi connectivity index (χ3n) is 4.15. The third kappa shape index (κ3) is 2.86. The molecule has 1 unspecified atom stereocenters. The zero-order valence-electron chi connectivity index (χ0n) is 13.8. The van der Waals surface area contributed by atoms with Crippen LogP contribution in [-0.4, -0.2) is 31.2 Å². The molecule has 0 saturated carbocycles. The van der Waals surface area contributed by atoms with E-state index in [0.717, 1.165) is 29.1 Å². The SMILES string of the molecule is Cc1cc(C)n2nc(C(=O)NC3CCSc4c(F)cccc43)nc2n1. The molecule has 25 heavy (non-hydrogen) atoms. The first-order valence-corrected chi connectivity index (χ1v) is 8.94. The average molecular weight is 357 g/mol. The number of carbonyl (C=O) groups excluding carboxylic acids is 1. The summed E-state index contributed by atoms with van der Waals surface area (Å²) in [5.41, 5.74) is 2.48. The standard InChI is InChI=1S/C17H16FN5OS/c1-9-8-10(2)23-17(19-9)21-15(22-23)16(24)20-13-6-7-25-14-11(13)4-3-5-12(14)18/h3-5,8,13H,6-7H2,1-2H3,(H,20,24). The Bertz CT molecular complexity index is 987. The highest BCUT2D eigenvalue weighted by atomic mass is 32.2. The smallest absolute Gasteiger partial charge is 0.291 e. The molecule has 1 amide bonds. The quantitative estimate of drug-likeness (QED) is 0.764. The predicted molar refractivity (Wildman–Crippen MR) is 92.2 cm³/mol. The number of hydrogen-bond acceptors (Lipinski definition) is 5. The van der Waals surface area contributed by atoms with Crippen molar-refractivity contribution in [3.05, 3.63) is 52.9 Å². The molecule has 3 heterocycles. The minimum atomic E-state index is -0.380. The highest BCUT2D eigenvalue weighted by Crippen LogP contribution is 2.37. The van der Waals surface area contributed by atoms with Gasteiger partial charge in [0.1, 0.15) is 5.82 Å². The summed E-state index contributed by atoms with van der Waals surface area (Å²) in [5.74, 6) is 0.583. The van der Waals surface area contributed by atoms with Crippen LogP contribution in [-0.2, 0) is 0 Å². The first-order chi connectivity index (χ1) is 12.0. The van der Waals surface area contributed by atoms with E-state index in [4.69, 9.17) is 0 Å². The highest BCUT2D eigenvalue weighted by molar-refractivity contribution is 7.99. The maximum atomic E-state index is 14.0. The van der Waals surface area contributed by atoms with Crippen LogP contribution >= 0.6 is 11.8 Å². The molecule has 0 spiro atoms. The number of nitrogens with one attached hydrogen (secondary N) is 1. The second-order valence-corrected chi connectivity index (χ2v) is 7.11. The van der Waals surface area contributed by atoms with Crippen LogP contribution in [0.2, 0.25) is 0 Å². The van der Waals surface area contributed by atoms with Crippen molar-refractivity contribution in [2.24, 2.45) is 0 Å². The number of thioether (sulfide) groups is 1. The Morgan fingerprint density at radius 1 is 1.36 bits per heavy atom. The lowest BCUT2D eigenvalue weighted by Crippen LogP contribution is -2.31. The van der Waals surface area contributed by atoms with Gasteiger partial charge < -0.3 is 5.32 Å². The van der Waals surface area contributed by atoms with Crippen molar-refractivity contribution in [2.45, 2.75) is 31.2 Å². The van der Waals surface area contributed by atoms with Crippen LogP contribution in [0.25, 0.3) is 5.78 Å². The fourth-order valence-corrected chi connectivity index (χ4v) is 4.16. The Labute approximate surface area is 147 Å². The molecule has 1 N–H and O–H groups in total. The fourth-order valence-electron chi connectivity index (χ4n) is 3.02. The van der Waals surface area contributed by atoms with E-state index in [0.29, 0.717) is 10.7 Å². The molecule has 0 bridgehead atoms.